The lowest BCUT2D eigenvalue weighted by atomic mass is 10.2. The normalized spacial score (nSPS) is 11.0. The first kappa shape index (κ1) is 17.6. The van der Waals surface area contributed by atoms with E-state index in [1.165, 1.54) is 13.3 Å². The number of aromatic nitrogens is 2. The number of ether oxygens (including phenoxy) is 1. The molecule has 1 aromatic carbocycles. The van der Waals surface area contributed by atoms with E-state index >= 15 is 0 Å². The van der Waals surface area contributed by atoms with Crippen molar-refractivity contribution in [1.82, 2.24) is 15.2 Å². The van der Waals surface area contributed by atoms with Gasteiger partial charge in [0.2, 0.25) is 0 Å². The van der Waals surface area contributed by atoms with Crippen LogP contribution in [0.2, 0.25) is 15.2 Å². The fourth-order valence-corrected chi connectivity index (χ4v) is 2.65. The zero-order valence-corrected chi connectivity index (χ0v) is 14.6. The van der Waals surface area contributed by atoms with E-state index in [1.54, 1.807) is 29.8 Å². The Morgan fingerprint density at radius 1 is 1.39 bits per heavy atom. The van der Waals surface area contributed by atoms with Gasteiger partial charge in [0.15, 0.2) is 0 Å². The van der Waals surface area contributed by atoms with Crippen molar-refractivity contribution in [1.29, 1.82) is 0 Å². The Kier molecular flexibility index (Phi) is 5.87. The zero-order chi connectivity index (χ0) is 17.0. The van der Waals surface area contributed by atoms with Gasteiger partial charge in [-0.05, 0) is 19.1 Å². The maximum absolute atomic E-state index is 11.0. The molecule has 0 spiro atoms. The van der Waals surface area contributed by atoms with E-state index in [0.717, 1.165) is 5.56 Å². The molecule has 2 rings (SSSR count). The van der Waals surface area contributed by atoms with E-state index < -0.39 is 6.09 Å². The molecule has 6 nitrogen and oxygen atoms in total. The summed E-state index contributed by atoms with van der Waals surface area (Å²) in [5, 5.41) is 9.51. The Bertz CT molecular complexity index is 738. The molecule has 0 radical (unpaired) electrons. The number of nitrogens with one attached hydrogen (secondary N) is 1. The summed E-state index contributed by atoms with van der Waals surface area (Å²) < 4.78 is 5.97. The predicted molar refractivity (Wildman–Crippen MR) is 90.7 cm³/mol. The molecule has 1 heterocycles. The van der Waals surface area contributed by atoms with E-state index in [4.69, 9.17) is 34.8 Å². The molecule has 0 aliphatic carbocycles. The lowest BCUT2D eigenvalue weighted by Crippen LogP contribution is -2.16. The average Bonchev–Trinajstić information content (AvgIpc) is 2.78. The fourth-order valence-electron chi connectivity index (χ4n) is 1.85. The molecule has 1 aromatic heterocycles. The molecule has 9 heteroatoms. The standard InChI is InChI=1S/C14H13Cl3N4O2/c1-8-9(6-18-19-14(22)23-2)13(17)21(20-8)7-10-11(15)4-3-5-12(10)16/h3-6H,7H2,1-2H3,(H,19,22)/b18-6-. The third kappa shape index (κ3) is 4.16. The summed E-state index contributed by atoms with van der Waals surface area (Å²) in [6.45, 7) is 2.09. The van der Waals surface area contributed by atoms with E-state index in [9.17, 15) is 4.79 Å². The SMILES string of the molecule is COC(=O)N/N=C\c1c(C)nn(Cc2c(Cl)cccc2Cl)c1Cl. The molecule has 23 heavy (non-hydrogen) atoms. The van der Waals surface area contributed by atoms with Crippen LogP contribution in [0, 0.1) is 6.92 Å². The first-order valence-corrected chi connectivity index (χ1v) is 7.60. The highest BCUT2D eigenvalue weighted by molar-refractivity contribution is 6.36. The summed E-state index contributed by atoms with van der Waals surface area (Å²) in [5.74, 6) is 0. The molecule has 0 saturated carbocycles. The summed E-state index contributed by atoms with van der Waals surface area (Å²) in [7, 11) is 1.24. The number of carbonyl (C=O) groups excluding carboxylic acids is 1. The first-order valence-electron chi connectivity index (χ1n) is 6.46. The number of nitrogens with zero attached hydrogens (tertiary/aromatic N) is 3. The second kappa shape index (κ2) is 7.68. The molecule has 122 valence electrons. The van der Waals surface area contributed by atoms with Crippen molar-refractivity contribution in [3.05, 3.63) is 50.2 Å². The van der Waals surface area contributed by atoms with Gasteiger partial charge in [-0.3, -0.25) is 0 Å². The van der Waals surface area contributed by atoms with Crippen LogP contribution in [0.1, 0.15) is 16.8 Å². The summed E-state index contributed by atoms with van der Waals surface area (Å²) in [5.41, 5.74) is 4.12. The molecular weight excluding hydrogens is 363 g/mol. The van der Waals surface area contributed by atoms with E-state index in [-0.39, 0.29) is 0 Å². The topological polar surface area (TPSA) is 68.5 Å². The van der Waals surface area contributed by atoms with Crippen LogP contribution in [0.3, 0.4) is 0 Å². The Balaban J connectivity index is 2.25. The minimum atomic E-state index is -0.676. The Hall–Kier alpha value is -1.76. The predicted octanol–water partition coefficient (Wildman–Crippen LogP) is 3.89. The van der Waals surface area contributed by atoms with Gasteiger partial charge in [0, 0.05) is 15.6 Å². The summed E-state index contributed by atoms with van der Waals surface area (Å²) in [4.78, 5) is 11.0. The number of rotatable bonds is 4. The third-order valence-corrected chi connectivity index (χ3v) is 4.12. The van der Waals surface area contributed by atoms with Gasteiger partial charge < -0.3 is 4.74 Å². The van der Waals surface area contributed by atoms with Crippen molar-refractivity contribution in [2.75, 3.05) is 7.11 Å². The van der Waals surface area contributed by atoms with Crippen molar-refractivity contribution >= 4 is 47.1 Å². The quantitative estimate of drug-likeness (QED) is 0.651. The number of aryl methyl sites for hydroxylation is 1. The van der Waals surface area contributed by atoms with Crippen LogP contribution < -0.4 is 5.43 Å². The lowest BCUT2D eigenvalue weighted by Gasteiger charge is -2.08. The Labute approximate surface area is 148 Å². The van der Waals surface area contributed by atoms with Crippen molar-refractivity contribution in [2.45, 2.75) is 13.5 Å². The number of hydrogen-bond acceptors (Lipinski definition) is 4. The average molecular weight is 376 g/mol. The third-order valence-electron chi connectivity index (χ3n) is 3.01. The Morgan fingerprint density at radius 3 is 2.65 bits per heavy atom. The van der Waals surface area contributed by atoms with Crippen LogP contribution in [0.15, 0.2) is 23.3 Å². The van der Waals surface area contributed by atoms with Gasteiger partial charge in [-0.15, -0.1) is 0 Å². The molecule has 0 aliphatic heterocycles. The molecule has 1 amide bonds. The fraction of sp³-hybridized carbons (Fsp3) is 0.214. The molecule has 0 aliphatic rings. The smallest absolute Gasteiger partial charge is 0.427 e. The molecular formula is C14H13Cl3N4O2. The largest absolute Gasteiger partial charge is 0.452 e. The van der Waals surface area contributed by atoms with Crippen LogP contribution in [-0.2, 0) is 11.3 Å². The highest BCUT2D eigenvalue weighted by Gasteiger charge is 2.14. The number of halogens is 3. The lowest BCUT2D eigenvalue weighted by molar-refractivity contribution is 0.171. The molecule has 0 fully saturated rings. The van der Waals surface area contributed by atoms with Gasteiger partial charge in [0.25, 0.3) is 0 Å². The van der Waals surface area contributed by atoms with E-state index in [0.29, 0.717) is 33.0 Å². The number of methoxy groups -OCH3 is 1. The minimum absolute atomic E-state index is 0.316. The number of hydrazone groups is 1. The molecule has 0 bridgehead atoms. The second-order valence-electron chi connectivity index (χ2n) is 4.51. The van der Waals surface area contributed by atoms with Gasteiger partial charge >= 0.3 is 6.09 Å². The highest BCUT2D eigenvalue weighted by atomic mass is 35.5. The second-order valence-corrected chi connectivity index (χ2v) is 5.68. The molecule has 0 saturated heterocycles. The van der Waals surface area contributed by atoms with Crippen molar-refractivity contribution in [3.8, 4) is 0 Å². The van der Waals surface area contributed by atoms with E-state index in [1.807, 2.05) is 0 Å². The van der Waals surface area contributed by atoms with Gasteiger partial charge in [0.05, 0.1) is 31.1 Å². The van der Waals surface area contributed by atoms with Gasteiger partial charge in [-0.25, -0.2) is 14.9 Å². The molecule has 0 unspecified atom stereocenters. The number of benzene rings is 1. The summed E-state index contributed by atoms with van der Waals surface area (Å²) >= 11 is 18.6. The highest BCUT2D eigenvalue weighted by Crippen LogP contribution is 2.27. The summed E-state index contributed by atoms with van der Waals surface area (Å²) in [6, 6.07) is 5.26. The maximum Gasteiger partial charge on any atom is 0.427 e. The molecule has 2 aromatic rings. The Morgan fingerprint density at radius 2 is 2.04 bits per heavy atom. The van der Waals surface area contributed by atoms with Crippen LogP contribution in [0.4, 0.5) is 4.79 Å². The van der Waals surface area contributed by atoms with Crippen LogP contribution in [0.5, 0.6) is 0 Å². The number of hydrogen-bond donors (Lipinski definition) is 1. The van der Waals surface area contributed by atoms with Gasteiger partial charge in [0.1, 0.15) is 5.15 Å². The minimum Gasteiger partial charge on any atom is -0.452 e. The summed E-state index contributed by atoms with van der Waals surface area (Å²) in [6.07, 6.45) is 0.719. The van der Waals surface area contributed by atoms with Crippen LogP contribution >= 0.6 is 34.8 Å². The van der Waals surface area contributed by atoms with Gasteiger partial charge in [-0.1, -0.05) is 40.9 Å². The van der Waals surface area contributed by atoms with Crippen LogP contribution in [-0.4, -0.2) is 29.2 Å². The first-order chi connectivity index (χ1) is 10.9. The van der Waals surface area contributed by atoms with Crippen LogP contribution in [0.25, 0.3) is 0 Å². The maximum atomic E-state index is 11.0. The van der Waals surface area contributed by atoms with Gasteiger partial charge in [-0.2, -0.15) is 10.2 Å². The van der Waals surface area contributed by atoms with Crippen molar-refractivity contribution in [2.24, 2.45) is 5.10 Å². The number of carbonyl (C=O) groups is 1. The van der Waals surface area contributed by atoms with E-state index in [2.05, 4.69) is 20.4 Å². The van der Waals surface area contributed by atoms with Crippen molar-refractivity contribution in [3.63, 3.8) is 0 Å². The zero-order valence-electron chi connectivity index (χ0n) is 12.3. The van der Waals surface area contributed by atoms with Crippen molar-refractivity contribution < 1.29 is 9.53 Å². The molecule has 0 atom stereocenters. The molecule has 1 N–H and O–H groups in total. The monoisotopic (exact) mass is 374 g/mol. The number of amides is 1.